The van der Waals surface area contributed by atoms with E-state index in [1.54, 1.807) is 12.1 Å². The molecule has 0 bridgehead atoms. The highest BCUT2D eigenvalue weighted by atomic mass is 16.6. The second-order valence-electron chi connectivity index (χ2n) is 6.67. The van der Waals surface area contributed by atoms with E-state index < -0.39 is 10.8 Å². The molecule has 0 saturated carbocycles. The van der Waals surface area contributed by atoms with Crippen LogP contribution in [0, 0.1) is 10.1 Å². The molecule has 0 atom stereocenters. The number of benzene rings is 3. The first-order valence-electron chi connectivity index (χ1n) is 9.15. The number of fused-ring (bicyclic) bond motifs is 1. The zero-order valence-electron chi connectivity index (χ0n) is 16.0. The first-order chi connectivity index (χ1) is 14.5. The molecule has 2 N–H and O–H groups in total. The van der Waals surface area contributed by atoms with Crippen molar-refractivity contribution >= 4 is 28.1 Å². The number of carbonyl (C=O) groups excluding carboxylic acids is 1. The van der Waals surface area contributed by atoms with Crippen LogP contribution in [0.5, 0.6) is 0 Å². The molecule has 0 aliphatic heterocycles. The average molecular weight is 399 g/mol. The van der Waals surface area contributed by atoms with Gasteiger partial charge in [-0.05, 0) is 35.4 Å². The first kappa shape index (κ1) is 19.0. The largest absolute Gasteiger partial charge is 0.289 e. The molecule has 0 fully saturated rings. The molecule has 1 aromatic heterocycles. The van der Waals surface area contributed by atoms with E-state index in [0.29, 0.717) is 17.0 Å². The summed E-state index contributed by atoms with van der Waals surface area (Å²) >= 11 is 0. The van der Waals surface area contributed by atoms with Gasteiger partial charge in [-0.15, -0.1) is 0 Å². The molecule has 0 radical (unpaired) electrons. The number of H-pyrrole nitrogens is 1. The van der Waals surface area contributed by atoms with Gasteiger partial charge in [0.2, 0.25) is 0 Å². The van der Waals surface area contributed by atoms with Gasteiger partial charge in [-0.3, -0.25) is 20.0 Å². The number of hydrazone groups is 1. The van der Waals surface area contributed by atoms with Crippen molar-refractivity contribution in [2.45, 2.75) is 6.92 Å². The number of nitro benzene ring substituents is 1. The van der Waals surface area contributed by atoms with E-state index >= 15 is 0 Å². The van der Waals surface area contributed by atoms with Crippen molar-refractivity contribution in [2.24, 2.45) is 5.10 Å². The fraction of sp³-hybridized carbons (Fsp3) is 0.0455. The van der Waals surface area contributed by atoms with E-state index in [4.69, 9.17) is 0 Å². The summed E-state index contributed by atoms with van der Waals surface area (Å²) in [6.07, 6.45) is 0. The van der Waals surface area contributed by atoms with Crippen molar-refractivity contribution in [2.75, 3.05) is 0 Å². The van der Waals surface area contributed by atoms with Crippen LogP contribution in [0.3, 0.4) is 0 Å². The van der Waals surface area contributed by atoms with E-state index in [1.165, 1.54) is 18.2 Å². The van der Waals surface area contributed by atoms with Crippen molar-refractivity contribution in [3.63, 3.8) is 0 Å². The van der Waals surface area contributed by atoms with Crippen molar-refractivity contribution in [3.05, 3.63) is 94.2 Å². The minimum Gasteiger partial charge on any atom is -0.272 e. The molecule has 4 rings (SSSR count). The first-order valence-corrected chi connectivity index (χ1v) is 9.15. The third-order valence-corrected chi connectivity index (χ3v) is 4.67. The van der Waals surface area contributed by atoms with Crippen molar-refractivity contribution in [3.8, 4) is 11.3 Å². The molecule has 3 aromatic carbocycles. The normalized spacial score (nSPS) is 11.4. The van der Waals surface area contributed by atoms with Gasteiger partial charge in [0.15, 0.2) is 0 Å². The molecule has 148 valence electrons. The van der Waals surface area contributed by atoms with E-state index in [0.717, 1.165) is 16.3 Å². The molecule has 8 heteroatoms. The number of aromatic nitrogens is 2. The Morgan fingerprint density at radius 3 is 2.63 bits per heavy atom. The predicted molar refractivity (Wildman–Crippen MR) is 114 cm³/mol. The highest BCUT2D eigenvalue weighted by Gasteiger charge is 2.13. The zero-order valence-corrected chi connectivity index (χ0v) is 16.0. The van der Waals surface area contributed by atoms with Crippen LogP contribution in [0.2, 0.25) is 0 Å². The second-order valence-corrected chi connectivity index (χ2v) is 6.67. The number of rotatable bonds is 5. The van der Waals surface area contributed by atoms with Crippen LogP contribution in [0.15, 0.2) is 77.9 Å². The summed E-state index contributed by atoms with van der Waals surface area (Å²) in [5, 5.41) is 24.0. The summed E-state index contributed by atoms with van der Waals surface area (Å²) in [6.45, 7) is 1.81. The lowest BCUT2D eigenvalue weighted by Gasteiger charge is -2.04. The van der Waals surface area contributed by atoms with Gasteiger partial charge < -0.3 is 0 Å². The van der Waals surface area contributed by atoms with Gasteiger partial charge in [0, 0.05) is 17.7 Å². The van der Waals surface area contributed by atoms with Crippen LogP contribution >= 0.6 is 0 Å². The maximum Gasteiger partial charge on any atom is 0.289 e. The highest BCUT2D eigenvalue weighted by molar-refractivity contribution is 6.03. The Balaban J connectivity index is 1.50. The standard InChI is InChI=1S/C22H17N5O3/c1-14(16-10-9-15-5-2-3-6-17(15)11-16)23-26-22(28)21-13-20(24-25-21)18-7-4-8-19(12-18)27(29)30/h2-13H,1H3,(H,24,25)(H,26,28)/b23-14+. The van der Waals surface area contributed by atoms with Crippen molar-refractivity contribution in [1.29, 1.82) is 0 Å². The van der Waals surface area contributed by atoms with Gasteiger partial charge in [-0.25, -0.2) is 5.43 Å². The Kier molecular flexibility index (Phi) is 5.04. The number of aromatic amines is 1. The summed E-state index contributed by atoms with van der Waals surface area (Å²) in [7, 11) is 0. The Morgan fingerprint density at radius 1 is 1.03 bits per heavy atom. The van der Waals surface area contributed by atoms with Gasteiger partial charge in [-0.2, -0.15) is 10.2 Å². The van der Waals surface area contributed by atoms with E-state index in [-0.39, 0.29) is 11.4 Å². The van der Waals surface area contributed by atoms with Crippen LogP contribution in [0.25, 0.3) is 22.0 Å². The number of hydrogen-bond donors (Lipinski definition) is 2. The van der Waals surface area contributed by atoms with Gasteiger partial charge in [0.25, 0.3) is 11.6 Å². The van der Waals surface area contributed by atoms with Crippen LogP contribution < -0.4 is 5.43 Å². The van der Waals surface area contributed by atoms with Gasteiger partial charge in [-0.1, -0.05) is 48.5 Å². The summed E-state index contributed by atoms with van der Waals surface area (Å²) in [5.74, 6) is -0.459. The number of nitro groups is 1. The fourth-order valence-corrected chi connectivity index (χ4v) is 3.04. The number of hydrogen-bond acceptors (Lipinski definition) is 5. The van der Waals surface area contributed by atoms with E-state index in [1.807, 2.05) is 49.4 Å². The van der Waals surface area contributed by atoms with E-state index in [9.17, 15) is 14.9 Å². The lowest BCUT2D eigenvalue weighted by molar-refractivity contribution is -0.384. The molecule has 1 amide bonds. The Morgan fingerprint density at radius 2 is 1.83 bits per heavy atom. The molecule has 1 heterocycles. The van der Waals surface area contributed by atoms with E-state index in [2.05, 4.69) is 20.7 Å². The van der Waals surface area contributed by atoms with Crippen LogP contribution in [0.4, 0.5) is 5.69 Å². The SMILES string of the molecule is C/C(=N\NC(=O)c1cc(-c2cccc([N+](=O)[O-])c2)n[nH]1)c1ccc2ccccc2c1. The molecule has 0 saturated heterocycles. The van der Waals surface area contributed by atoms with Crippen molar-refractivity contribution in [1.82, 2.24) is 15.6 Å². The molecular weight excluding hydrogens is 382 g/mol. The molecule has 0 aliphatic rings. The molecular formula is C22H17N5O3. The maximum atomic E-state index is 12.4. The Bertz CT molecular complexity index is 1290. The van der Waals surface area contributed by atoms with Crippen LogP contribution in [-0.2, 0) is 0 Å². The molecule has 0 aliphatic carbocycles. The minimum atomic E-state index is -0.478. The smallest absolute Gasteiger partial charge is 0.272 e. The van der Waals surface area contributed by atoms with Crippen LogP contribution in [0.1, 0.15) is 23.0 Å². The molecule has 0 unspecified atom stereocenters. The quantitative estimate of drug-likeness (QED) is 0.296. The highest BCUT2D eigenvalue weighted by Crippen LogP contribution is 2.22. The van der Waals surface area contributed by atoms with Gasteiger partial charge in [0.05, 0.1) is 16.3 Å². The monoisotopic (exact) mass is 399 g/mol. The number of nitrogens with one attached hydrogen (secondary N) is 2. The summed E-state index contributed by atoms with van der Waals surface area (Å²) in [6, 6.07) is 21.5. The summed E-state index contributed by atoms with van der Waals surface area (Å²) in [5.41, 5.74) is 5.19. The topological polar surface area (TPSA) is 113 Å². The molecule has 30 heavy (non-hydrogen) atoms. The van der Waals surface area contributed by atoms with Gasteiger partial charge in [0.1, 0.15) is 5.69 Å². The Hall–Kier alpha value is -4.33. The zero-order chi connectivity index (χ0) is 21.1. The minimum absolute atomic E-state index is 0.0443. The fourth-order valence-electron chi connectivity index (χ4n) is 3.04. The average Bonchev–Trinajstić information content (AvgIpc) is 3.27. The van der Waals surface area contributed by atoms with Crippen molar-refractivity contribution < 1.29 is 9.72 Å². The Labute approximate surface area is 171 Å². The number of nitrogens with zero attached hydrogens (tertiary/aromatic N) is 3. The third kappa shape index (κ3) is 3.93. The second kappa shape index (κ2) is 7.96. The lowest BCUT2D eigenvalue weighted by atomic mass is 10.0. The van der Waals surface area contributed by atoms with Crippen LogP contribution in [-0.4, -0.2) is 26.7 Å². The van der Waals surface area contributed by atoms with Gasteiger partial charge >= 0.3 is 0 Å². The summed E-state index contributed by atoms with van der Waals surface area (Å²) in [4.78, 5) is 22.9. The molecule has 8 nitrogen and oxygen atoms in total. The number of carbonyl (C=O) groups is 1. The summed E-state index contributed by atoms with van der Waals surface area (Å²) < 4.78 is 0. The maximum absolute atomic E-state index is 12.4. The molecule has 4 aromatic rings. The third-order valence-electron chi connectivity index (χ3n) is 4.67. The molecule has 0 spiro atoms. The predicted octanol–water partition coefficient (Wildman–Crippen LogP) is 4.29. The number of non-ortho nitro benzene ring substituents is 1. The lowest BCUT2D eigenvalue weighted by Crippen LogP contribution is -2.19. The number of amides is 1.